The van der Waals surface area contributed by atoms with Crippen LogP contribution in [0.15, 0.2) is 103 Å². The summed E-state index contributed by atoms with van der Waals surface area (Å²) >= 11 is 1.78. The lowest BCUT2D eigenvalue weighted by atomic mass is 9.80. The quantitative estimate of drug-likeness (QED) is 0.175. The molecule has 4 aromatic heterocycles. The number of nitrogens with zero attached hydrogens (tertiary/aromatic N) is 4. The summed E-state index contributed by atoms with van der Waals surface area (Å²) in [7, 11) is 0. The summed E-state index contributed by atoms with van der Waals surface area (Å²) in [4.78, 5) is 17.1. The number of aromatic nitrogens is 4. The van der Waals surface area contributed by atoms with Crippen LogP contribution in [-0.2, 0) is 0 Å². The van der Waals surface area contributed by atoms with E-state index in [0.29, 0.717) is 5.92 Å². The summed E-state index contributed by atoms with van der Waals surface area (Å²) in [6, 6.07) is 37.5. The second kappa shape index (κ2) is 11.2. The largest absolute Gasteiger partial charge is 0.289 e. The zero-order valence-corrected chi connectivity index (χ0v) is 30.5. The molecule has 0 fully saturated rings. The third-order valence-electron chi connectivity index (χ3n) is 10.7. The molecule has 9 aromatic rings. The normalized spacial score (nSPS) is 13.2. The summed E-state index contributed by atoms with van der Waals surface area (Å²) in [5.41, 5.74) is 8.82. The van der Waals surface area contributed by atoms with Crippen LogP contribution in [0, 0.1) is 12.3 Å². The molecule has 246 valence electrons. The van der Waals surface area contributed by atoms with Gasteiger partial charge in [-0.25, -0.2) is 9.97 Å². The molecule has 0 spiro atoms. The first kappa shape index (κ1) is 30.9. The van der Waals surface area contributed by atoms with Gasteiger partial charge in [0, 0.05) is 49.1 Å². The summed E-state index contributed by atoms with van der Waals surface area (Å²) < 4.78 is 3.66. The summed E-state index contributed by atoms with van der Waals surface area (Å²) in [6.07, 6.45) is 0. The van der Waals surface area contributed by atoms with E-state index in [9.17, 15) is 0 Å². The van der Waals surface area contributed by atoms with Crippen LogP contribution in [-0.4, -0.2) is 19.5 Å². The highest BCUT2D eigenvalue weighted by Gasteiger charge is 2.27. The second-order valence-corrected chi connectivity index (χ2v) is 16.2. The van der Waals surface area contributed by atoms with E-state index >= 15 is 0 Å². The van der Waals surface area contributed by atoms with Gasteiger partial charge in [0.2, 0.25) is 0 Å². The van der Waals surface area contributed by atoms with Crippen molar-refractivity contribution in [3.63, 3.8) is 0 Å². The van der Waals surface area contributed by atoms with Gasteiger partial charge in [0.05, 0.1) is 22.2 Å². The zero-order chi connectivity index (χ0) is 34.5. The molecule has 5 heteroatoms. The molecule has 0 aliphatic carbocycles. The van der Waals surface area contributed by atoms with Crippen molar-refractivity contribution >= 4 is 75.1 Å². The Morgan fingerprint density at radius 2 is 1.32 bits per heavy atom. The fourth-order valence-electron chi connectivity index (χ4n) is 7.77. The first-order chi connectivity index (χ1) is 24.1. The number of aryl methyl sites for hydroxylation is 1. The number of rotatable bonds is 4. The average molecular weight is 669 g/mol. The minimum Gasteiger partial charge on any atom is -0.289 e. The van der Waals surface area contributed by atoms with Gasteiger partial charge in [-0.3, -0.25) is 9.55 Å². The molecule has 50 heavy (non-hydrogen) atoms. The molecule has 0 aliphatic rings. The fraction of sp³-hybridized carbons (Fsp3) is 0.222. The Balaban J connectivity index is 1.46. The van der Waals surface area contributed by atoms with E-state index < -0.39 is 0 Å². The molecule has 4 heterocycles. The number of thiophene rings is 1. The Labute approximate surface area is 296 Å². The number of hydrogen-bond donors (Lipinski definition) is 0. The van der Waals surface area contributed by atoms with Gasteiger partial charge in [0.15, 0.2) is 0 Å². The van der Waals surface area contributed by atoms with Gasteiger partial charge in [-0.15, -0.1) is 11.3 Å². The smallest absolute Gasteiger partial charge is 0.147 e. The van der Waals surface area contributed by atoms with Crippen LogP contribution in [0.25, 0.3) is 80.9 Å². The minimum atomic E-state index is 0.124. The van der Waals surface area contributed by atoms with Crippen molar-refractivity contribution < 1.29 is 0 Å². The van der Waals surface area contributed by atoms with E-state index in [1.165, 1.54) is 48.3 Å². The molecule has 1 atom stereocenters. The summed E-state index contributed by atoms with van der Waals surface area (Å²) in [6.45, 7) is 15.9. The Bertz CT molecular complexity index is 2810. The molecular formula is C45H40N4S. The van der Waals surface area contributed by atoms with Gasteiger partial charge in [-0.2, -0.15) is 0 Å². The number of hydrogen-bond acceptors (Lipinski definition) is 4. The third-order valence-corrected chi connectivity index (χ3v) is 11.9. The Kier molecular flexibility index (Phi) is 6.92. The average Bonchev–Trinajstić information content (AvgIpc) is 3.68. The van der Waals surface area contributed by atoms with Crippen LogP contribution in [0.1, 0.15) is 70.3 Å². The van der Waals surface area contributed by atoms with Gasteiger partial charge in [-0.1, -0.05) is 114 Å². The molecule has 0 saturated heterocycles. The van der Waals surface area contributed by atoms with E-state index in [0.717, 1.165) is 49.5 Å². The highest BCUT2D eigenvalue weighted by atomic mass is 32.1. The number of benzene rings is 5. The molecule has 0 saturated carbocycles. The lowest BCUT2D eigenvalue weighted by molar-refractivity contribution is 0.335. The third kappa shape index (κ3) is 4.60. The van der Waals surface area contributed by atoms with Crippen molar-refractivity contribution in [1.82, 2.24) is 19.5 Å². The molecule has 0 bridgehead atoms. The first-order valence-corrected chi connectivity index (χ1v) is 18.5. The predicted molar refractivity (Wildman–Crippen MR) is 214 cm³/mol. The molecule has 0 N–H and O–H groups in total. The van der Waals surface area contributed by atoms with Crippen molar-refractivity contribution in [2.24, 2.45) is 5.41 Å². The molecular weight excluding hydrogens is 629 g/mol. The van der Waals surface area contributed by atoms with Gasteiger partial charge >= 0.3 is 0 Å². The number of imidazole rings is 1. The molecule has 0 amide bonds. The van der Waals surface area contributed by atoms with Crippen LogP contribution in [0.2, 0.25) is 0 Å². The molecule has 0 aliphatic heterocycles. The van der Waals surface area contributed by atoms with Crippen LogP contribution < -0.4 is 0 Å². The van der Waals surface area contributed by atoms with Gasteiger partial charge in [0.1, 0.15) is 10.7 Å². The van der Waals surface area contributed by atoms with Crippen molar-refractivity contribution in [3.8, 4) is 17.1 Å². The highest BCUT2D eigenvalue weighted by molar-refractivity contribution is 7.26. The van der Waals surface area contributed by atoms with E-state index in [1.807, 2.05) is 0 Å². The van der Waals surface area contributed by atoms with Crippen LogP contribution in [0.5, 0.6) is 0 Å². The Hall–Kier alpha value is -5.13. The maximum Gasteiger partial charge on any atom is 0.147 e. The van der Waals surface area contributed by atoms with Crippen LogP contribution in [0.3, 0.4) is 0 Å². The van der Waals surface area contributed by atoms with Crippen LogP contribution >= 0.6 is 11.3 Å². The van der Waals surface area contributed by atoms with Crippen molar-refractivity contribution in [1.29, 1.82) is 0 Å². The zero-order valence-electron chi connectivity index (χ0n) is 29.7. The van der Waals surface area contributed by atoms with E-state index in [2.05, 4.69) is 156 Å². The fourth-order valence-corrected chi connectivity index (χ4v) is 8.96. The van der Waals surface area contributed by atoms with Crippen molar-refractivity contribution in [2.45, 2.75) is 60.3 Å². The molecule has 4 nitrogen and oxygen atoms in total. The number of pyridine rings is 2. The molecule has 1 unspecified atom stereocenters. The standard InChI is InChI=1S/C45H40N4S/c1-25(2)38-31-15-10-8-13-29(31)30-14-9-11-16-32(30)40(38)49-41-37(23-21-28-20-19-26(3)46-39(28)41)47-43(49)35-18-12-17-33-34-22-24-36(27(4)45(5,6)7)48-44(34)50-42(33)35/h8-25,27H,1-7H3. The maximum absolute atomic E-state index is 5.53. The predicted octanol–water partition coefficient (Wildman–Crippen LogP) is 12.9. The van der Waals surface area contributed by atoms with E-state index in [4.69, 9.17) is 15.0 Å². The SMILES string of the molecule is Cc1ccc2ccc3nc(-c4cccc5c4sc4nc(C(C)C(C)(C)C)ccc45)n(-c4c(C(C)C)c5ccccc5c5ccccc45)c3c2n1. The van der Waals surface area contributed by atoms with E-state index in [-0.39, 0.29) is 11.3 Å². The molecule has 9 rings (SSSR count). The van der Waals surface area contributed by atoms with Gasteiger partial charge in [0.25, 0.3) is 0 Å². The second-order valence-electron chi connectivity index (χ2n) is 15.2. The Morgan fingerprint density at radius 3 is 2.06 bits per heavy atom. The minimum absolute atomic E-state index is 0.124. The topological polar surface area (TPSA) is 43.6 Å². The van der Waals surface area contributed by atoms with Crippen molar-refractivity contribution in [3.05, 3.63) is 120 Å². The van der Waals surface area contributed by atoms with Crippen LogP contribution in [0.4, 0.5) is 0 Å². The molecule has 5 aromatic carbocycles. The Morgan fingerprint density at radius 1 is 0.640 bits per heavy atom. The van der Waals surface area contributed by atoms with E-state index in [1.54, 1.807) is 11.3 Å². The van der Waals surface area contributed by atoms with Gasteiger partial charge in [-0.05, 0) is 70.3 Å². The summed E-state index contributed by atoms with van der Waals surface area (Å²) in [5, 5.41) is 8.53. The lowest BCUT2D eigenvalue weighted by Crippen LogP contribution is -2.16. The highest BCUT2D eigenvalue weighted by Crippen LogP contribution is 2.46. The number of fused-ring (bicyclic) bond motifs is 9. The monoisotopic (exact) mass is 668 g/mol. The molecule has 0 radical (unpaired) electrons. The summed E-state index contributed by atoms with van der Waals surface area (Å²) in [5.74, 6) is 1.52. The maximum atomic E-state index is 5.53. The van der Waals surface area contributed by atoms with Gasteiger partial charge < -0.3 is 0 Å². The lowest BCUT2D eigenvalue weighted by Gasteiger charge is -2.26. The van der Waals surface area contributed by atoms with Crippen molar-refractivity contribution in [2.75, 3.05) is 0 Å². The first-order valence-electron chi connectivity index (χ1n) is 17.6.